The molecule has 1 spiro atoms. The number of amides is 1. The Kier molecular flexibility index (Phi) is 3.58. The number of aromatic nitrogens is 1. The maximum absolute atomic E-state index is 12.8. The molecule has 0 aromatic carbocycles. The Morgan fingerprint density at radius 1 is 1.41 bits per heavy atom. The van der Waals surface area contributed by atoms with E-state index in [9.17, 15) is 4.79 Å². The standard InChI is InChI=1S/C15H23N5OS/c16-14-19-10-1-6-20(8-12(10)22-14)13(21)11-7-15(9-18-11)2-4-17-5-3-15/h11,17-18H,1-9H2,(H2,16,19)/t11-/m1/s1. The predicted octanol–water partition coefficient (Wildman–Crippen LogP) is 0.342. The van der Waals surface area contributed by atoms with Gasteiger partial charge >= 0.3 is 0 Å². The minimum atomic E-state index is -0.00933. The number of carbonyl (C=O) groups excluding carboxylic acids is 1. The molecule has 1 aromatic rings. The van der Waals surface area contributed by atoms with Gasteiger partial charge in [-0.15, -0.1) is 11.3 Å². The summed E-state index contributed by atoms with van der Waals surface area (Å²) in [4.78, 5) is 20.3. The van der Waals surface area contributed by atoms with Crippen LogP contribution in [0.15, 0.2) is 0 Å². The molecule has 3 aliphatic rings. The molecule has 7 heteroatoms. The fraction of sp³-hybridized carbons (Fsp3) is 0.733. The van der Waals surface area contributed by atoms with Gasteiger partial charge in [0.1, 0.15) is 0 Å². The lowest BCUT2D eigenvalue weighted by Crippen LogP contribution is -2.45. The number of carbonyl (C=O) groups is 1. The highest BCUT2D eigenvalue weighted by atomic mass is 32.1. The van der Waals surface area contributed by atoms with Crippen LogP contribution in [0.3, 0.4) is 0 Å². The summed E-state index contributed by atoms with van der Waals surface area (Å²) in [6.07, 6.45) is 4.18. The summed E-state index contributed by atoms with van der Waals surface area (Å²) < 4.78 is 0. The average Bonchev–Trinajstić information content (AvgIpc) is 3.09. The zero-order valence-electron chi connectivity index (χ0n) is 12.7. The van der Waals surface area contributed by atoms with Crippen LogP contribution in [0.25, 0.3) is 0 Å². The lowest BCUT2D eigenvalue weighted by Gasteiger charge is -2.33. The SMILES string of the molecule is Nc1nc2c(s1)CN(C(=O)[C@H]1CC3(CCNCC3)CN1)CC2. The van der Waals surface area contributed by atoms with Gasteiger partial charge in [0.2, 0.25) is 5.91 Å². The number of fused-ring (bicyclic) bond motifs is 1. The second-order valence-corrected chi connectivity index (χ2v) is 7.93. The lowest BCUT2D eigenvalue weighted by atomic mass is 9.77. The summed E-state index contributed by atoms with van der Waals surface area (Å²) in [5.74, 6) is 0.257. The number of piperidine rings is 1. The normalized spacial score (nSPS) is 27.1. The zero-order chi connectivity index (χ0) is 15.2. The molecule has 1 amide bonds. The first-order valence-corrected chi connectivity index (χ1v) is 8.94. The van der Waals surface area contributed by atoms with Gasteiger partial charge in [-0.1, -0.05) is 0 Å². The van der Waals surface area contributed by atoms with Crippen molar-refractivity contribution in [2.75, 3.05) is 31.9 Å². The highest BCUT2D eigenvalue weighted by molar-refractivity contribution is 7.15. The number of nitrogens with zero attached hydrogens (tertiary/aromatic N) is 2. The van der Waals surface area contributed by atoms with Crippen LogP contribution in [0.2, 0.25) is 0 Å². The molecule has 3 aliphatic heterocycles. The highest BCUT2D eigenvalue weighted by Crippen LogP contribution is 2.38. The molecule has 2 saturated heterocycles. The molecule has 1 atom stereocenters. The molecular formula is C15H23N5OS. The Morgan fingerprint density at radius 2 is 2.23 bits per heavy atom. The van der Waals surface area contributed by atoms with Crippen molar-refractivity contribution in [1.82, 2.24) is 20.5 Å². The summed E-state index contributed by atoms with van der Waals surface area (Å²) in [5.41, 5.74) is 7.20. The van der Waals surface area contributed by atoms with Crippen molar-refractivity contribution in [3.63, 3.8) is 0 Å². The van der Waals surface area contributed by atoms with Crippen LogP contribution >= 0.6 is 11.3 Å². The number of thiazole rings is 1. The molecule has 2 fully saturated rings. The maximum Gasteiger partial charge on any atom is 0.240 e. The van der Waals surface area contributed by atoms with Gasteiger partial charge in [-0.2, -0.15) is 0 Å². The second-order valence-electron chi connectivity index (χ2n) is 6.82. The molecule has 0 radical (unpaired) electrons. The number of nitrogen functional groups attached to an aromatic ring is 1. The number of rotatable bonds is 1. The van der Waals surface area contributed by atoms with Gasteiger partial charge in [0.05, 0.1) is 18.3 Å². The van der Waals surface area contributed by atoms with E-state index in [4.69, 9.17) is 5.73 Å². The molecule has 120 valence electrons. The van der Waals surface area contributed by atoms with Crippen molar-refractivity contribution in [2.24, 2.45) is 5.41 Å². The van der Waals surface area contributed by atoms with Crippen molar-refractivity contribution >= 4 is 22.4 Å². The summed E-state index contributed by atoms with van der Waals surface area (Å²) >= 11 is 1.52. The van der Waals surface area contributed by atoms with E-state index in [-0.39, 0.29) is 11.9 Å². The Bertz CT molecular complexity index is 580. The molecule has 4 rings (SSSR count). The van der Waals surface area contributed by atoms with Crippen molar-refractivity contribution in [3.05, 3.63) is 10.6 Å². The van der Waals surface area contributed by atoms with E-state index in [0.717, 1.165) is 49.6 Å². The van der Waals surface area contributed by atoms with Crippen molar-refractivity contribution in [3.8, 4) is 0 Å². The van der Waals surface area contributed by atoms with Gasteiger partial charge in [0.25, 0.3) is 0 Å². The minimum absolute atomic E-state index is 0.00933. The Balaban J connectivity index is 1.42. The monoisotopic (exact) mass is 321 g/mol. The summed E-state index contributed by atoms with van der Waals surface area (Å²) in [6, 6.07) is -0.00933. The summed E-state index contributed by atoms with van der Waals surface area (Å²) in [6.45, 7) is 4.58. The molecule has 0 unspecified atom stereocenters. The third kappa shape index (κ3) is 2.51. The summed E-state index contributed by atoms with van der Waals surface area (Å²) in [5, 5.41) is 7.52. The topological polar surface area (TPSA) is 83.3 Å². The van der Waals surface area contributed by atoms with Crippen LogP contribution in [0.4, 0.5) is 5.13 Å². The first-order chi connectivity index (χ1) is 10.7. The van der Waals surface area contributed by atoms with Crippen molar-refractivity contribution in [1.29, 1.82) is 0 Å². The van der Waals surface area contributed by atoms with Gasteiger partial charge in [-0.05, 0) is 37.8 Å². The van der Waals surface area contributed by atoms with E-state index < -0.39 is 0 Å². The number of hydrogen-bond acceptors (Lipinski definition) is 6. The quantitative estimate of drug-likeness (QED) is 0.695. The number of hydrogen-bond donors (Lipinski definition) is 3. The summed E-state index contributed by atoms with van der Waals surface area (Å²) in [7, 11) is 0. The van der Waals surface area contributed by atoms with Gasteiger partial charge < -0.3 is 21.3 Å². The number of nitrogens with two attached hydrogens (primary N) is 1. The van der Waals surface area contributed by atoms with Crippen LogP contribution in [-0.4, -0.2) is 48.0 Å². The average molecular weight is 321 g/mol. The van der Waals surface area contributed by atoms with E-state index >= 15 is 0 Å². The van der Waals surface area contributed by atoms with E-state index in [1.807, 2.05) is 4.90 Å². The second kappa shape index (κ2) is 5.47. The van der Waals surface area contributed by atoms with Crippen molar-refractivity contribution in [2.45, 2.75) is 38.3 Å². The van der Waals surface area contributed by atoms with Crippen LogP contribution in [0.1, 0.15) is 29.8 Å². The lowest BCUT2D eigenvalue weighted by molar-refractivity contribution is -0.134. The first kappa shape index (κ1) is 14.4. The van der Waals surface area contributed by atoms with Gasteiger partial charge in [-0.3, -0.25) is 4.79 Å². The molecule has 6 nitrogen and oxygen atoms in total. The fourth-order valence-corrected chi connectivity index (χ4v) is 4.95. The van der Waals surface area contributed by atoms with Gasteiger partial charge in [0.15, 0.2) is 5.13 Å². The Morgan fingerprint density at radius 3 is 3.05 bits per heavy atom. The van der Waals surface area contributed by atoms with E-state index in [1.54, 1.807) is 0 Å². The van der Waals surface area contributed by atoms with Crippen LogP contribution in [-0.2, 0) is 17.8 Å². The Hall–Kier alpha value is -1.18. The van der Waals surface area contributed by atoms with Crippen LogP contribution in [0.5, 0.6) is 0 Å². The minimum Gasteiger partial charge on any atom is -0.375 e. The maximum atomic E-state index is 12.8. The van der Waals surface area contributed by atoms with Crippen LogP contribution in [0, 0.1) is 5.41 Å². The molecule has 22 heavy (non-hydrogen) atoms. The molecule has 4 N–H and O–H groups in total. The third-order valence-electron chi connectivity index (χ3n) is 5.38. The van der Waals surface area contributed by atoms with Gasteiger partial charge in [-0.25, -0.2) is 4.98 Å². The number of anilines is 1. The number of nitrogens with one attached hydrogen (secondary N) is 2. The highest BCUT2D eigenvalue weighted by Gasteiger charge is 2.43. The molecule has 1 aromatic heterocycles. The zero-order valence-corrected chi connectivity index (χ0v) is 13.5. The first-order valence-electron chi connectivity index (χ1n) is 8.12. The molecule has 4 heterocycles. The van der Waals surface area contributed by atoms with E-state index in [2.05, 4.69) is 15.6 Å². The largest absolute Gasteiger partial charge is 0.375 e. The molecule has 0 saturated carbocycles. The molecule has 0 bridgehead atoms. The Labute approximate surface area is 134 Å². The van der Waals surface area contributed by atoms with E-state index in [0.29, 0.717) is 17.1 Å². The fourth-order valence-electron chi connectivity index (χ4n) is 4.05. The predicted molar refractivity (Wildman–Crippen MR) is 86.6 cm³/mol. The van der Waals surface area contributed by atoms with Crippen LogP contribution < -0.4 is 16.4 Å². The van der Waals surface area contributed by atoms with E-state index in [1.165, 1.54) is 24.2 Å². The molecule has 0 aliphatic carbocycles. The molecular weight excluding hydrogens is 298 g/mol. The van der Waals surface area contributed by atoms with Gasteiger partial charge in [0, 0.05) is 24.4 Å². The smallest absolute Gasteiger partial charge is 0.240 e. The third-order valence-corrected chi connectivity index (χ3v) is 6.29. The van der Waals surface area contributed by atoms with Crippen molar-refractivity contribution < 1.29 is 4.79 Å².